The number of methoxy groups -OCH3 is 2. The molecule has 2 amide bonds. The number of para-hydroxylation sites is 1. The van der Waals surface area contributed by atoms with Crippen LogP contribution in [0.3, 0.4) is 0 Å². The van der Waals surface area contributed by atoms with Crippen molar-refractivity contribution in [1.82, 2.24) is 10.2 Å². The predicted molar refractivity (Wildman–Crippen MR) is 155 cm³/mol. The molecule has 1 N–H and O–H groups in total. The van der Waals surface area contributed by atoms with Crippen LogP contribution >= 0.6 is 0 Å². The largest absolute Gasteiger partial charge is 0.493 e. The standard InChI is InChI=1S/C30H36FN3O6S/c1-6-21(2)32-30(36)22(3)33(19-23-12-10-11-15-26(23)31)29(35)20-34(24-13-8-7-9-14-24)41(37,38)25-16-17-27(39-4)28(18-25)40-5/h7-18,21-22H,6,19-20H2,1-5H3,(H,32,36). The van der Waals surface area contributed by atoms with Crippen molar-refractivity contribution in [2.75, 3.05) is 25.1 Å². The van der Waals surface area contributed by atoms with E-state index in [4.69, 9.17) is 9.47 Å². The summed E-state index contributed by atoms with van der Waals surface area (Å²) in [4.78, 5) is 28.1. The molecule has 0 aliphatic rings. The van der Waals surface area contributed by atoms with E-state index in [0.717, 1.165) is 4.31 Å². The summed E-state index contributed by atoms with van der Waals surface area (Å²) in [7, 11) is -1.49. The van der Waals surface area contributed by atoms with Crippen LogP contribution in [-0.4, -0.2) is 58.0 Å². The molecule has 0 aromatic heterocycles. The highest BCUT2D eigenvalue weighted by Crippen LogP contribution is 2.32. The first-order valence-electron chi connectivity index (χ1n) is 13.2. The summed E-state index contributed by atoms with van der Waals surface area (Å²) in [5.41, 5.74) is 0.427. The van der Waals surface area contributed by atoms with Crippen LogP contribution in [0, 0.1) is 5.82 Å². The first-order valence-corrected chi connectivity index (χ1v) is 14.6. The summed E-state index contributed by atoms with van der Waals surface area (Å²) in [5.74, 6) is -1.13. The second-order valence-electron chi connectivity index (χ2n) is 9.47. The number of nitrogens with zero attached hydrogens (tertiary/aromatic N) is 2. The van der Waals surface area contributed by atoms with Gasteiger partial charge < -0.3 is 19.7 Å². The number of halogens is 1. The van der Waals surface area contributed by atoms with Gasteiger partial charge in [-0.1, -0.05) is 43.3 Å². The molecule has 0 radical (unpaired) electrons. The Morgan fingerprint density at radius 2 is 1.56 bits per heavy atom. The molecule has 0 saturated heterocycles. The monoisotopic (exact) mass is 585 g/mol. The zero-order chi connectivity index (χ0) is 30.2. The number of anilines is 1. The Morgan fingerprint density at radius 1 is 0.927 bits per heavy atom. The Hall–Kier alpha value is -4.12. The molecule has 0 aliphatic heterocycles. The summed E-state index contributed by atoms with van der Waals surface area (Å²) in [6.45, 7) is 4.40. The van der Waals surface area contributed by atoms with E-state index in [1.54, 1.807) is 36.4 Å². The van der Waals surface area contributed by atoms with Crippen molar-refractivity contribution in [2.45, 2.75) is 50.7 Å². The molecule has 0 spiro atoms. The lowest BCUT2D eigenvalue weighted by Gasteiger charge is -2.32. The van der Waals surface area contributed by atoms with Gasteiger partial charge in [-0.05, 0) is 50.6 Å². The van der Waals surface area contributed by atoms with E-state index < -0.39 is 40.2 Å². The molecular weight excluding hydrogens is 549 g/mol. The van der Waals surface area contributed by atoms with Gasteiger partial charge >= 0.3 is 0 Å². The van der Waals surface area contributed by atoms with Crippen LogP contribution in [0.5, 0.6) is 11.5 Å². The van der Waals surface area contributed by atoms with Gasteiger partial charge in [-0.15, -0.1) is 0 Å². The van der Waals surface area contributed by atoms with Crippen molar-refractivity contribution in [2.24, 2.45) is 0 Å². The minimum absolute atomic E-state index is 0.130. The number of carbonyl (C=O) groups is 2. The molecular formula is C30H36FN3O6S. The lowest BCUT2D eigenvalue weighted by molar-refractivity contribution is -0.139. The third-order valence-electron chi connectivity index (χ3n) is 6.73. The number of carbonyl (C=O) groups excluding carboxylic acids is 2. The van der Waals surface area contributed by atoms with Crippen LogP contribution in [0.2, 0.25) is 0 Å². The number of benzene rings is 3. The SMILES string of the molecule is CCC(C)NC(=O)C(C)N(Cc1ccccc1F)C(=O)CN(c1ccccc1)S(=O)(=O)c1ccc(OC)c(OC)c1. The number of nitrogens with one attached hydrogen (secondary N) is 1. The molecule has 11 heteroatoms. The van der Waals surface area contributed by atoms with E-state index in [1.807, 2.05) is 13.8 Å². The fourth-order valence-corrected chi connectivity index (χ4v) is 5.52. The van der Waals surface area contributed by atoms with Gasteiger partial charge in [0, 0.05) is 24.2 Å². The lowest BCUT2D eigenvalue weighted by atomic mass is 10.1. The summed E-state index contributed by atoms with van der Waals surface area (Å²) in [6.07, 6.45) is 0.672. The highest BCUT2D eigenvalue weighted by molar-refractivity contribution is 7.92. The third kappa shape index (κ3) is 7.55. The molecule has 0 heterocycles. The van der Waals surface area contributed by atoms with Crippen LogP contribution in [0.4, 0.5) is 10.1 Å². The van der Waals surface area contributed by atoms with Gasteiger partial charge in [0.2, 0.25) is 11.8 Å². The molecule has 41 heavy (non-hydrogen) atoms. The number of hydrogen-bond acceptors (Lipinski definition) is 6. The summed E-state index contributed by atoms with van der Waals surface area (Å²) in [6, 6.07) is 17.0. The van der Waals surface area contributed by atoms with Gasteiger partial charge in [-0.2, -0.15) is 0 Å². The molecule has 220 valence electrons. The maximum atomic E-state index is 14.6. The summed E-state index contributed by atoms with van der Waals surface area (Å²) in [5, 5.41) is 2.85. The zero-order valence-corrected chi connectivity index (χ0v) is 24.7. The van der Waals surface area contributed by atoms with Crippen molar-refractivity contribution < 1.29 is 31.9 Å². The fraction of sp³-hybridized carbons (Fsp3) is 0.333. The number of ether oxygens (including phenoxy) is 2. The first-order chi connectivity index (χ1) is 19.5. The molecule has 3 rings (SSSR count). The molecule has 0 saturated carbocycles. The quantitative estimate of drug-likeness (QED) is 0.320. The lowest BCUT2D eigenvalue weighted by Crippen LogP contribution is -2.52. The van der Waals surface area contributed by atoms with E-state index in [9.17, 15) is 22.4 Å². The van der Waals surface area contributed by atoms with Crippen LogP contribution in [0.25, 0.3) is 0 Å². The highest BCUT2D eigenvalue weighted by Gasteiger charge is 2.33. The minimum Gasteiger partial charge on any atom is -0.493 e. The molecule has 9 nitrogen and oxygen atoms in total. The van der Waals surface area contributed by atoms with Crippen molar-refractivity contribution >= 4 is 27.5 Å². The Balaban J connectivity index is 2.05. The zero-order valence-electron chi connectivity index (χ0n) is 23.8. The van der Waals surface area contributed by atoms with Gasteiger partial charge in [0.15, 0.2) is 11.5 Å². The predicted octanol–water partition coefficient (Wildman–Crippen LogP) is 4.37. The summed E-state index contributed by atoms with van der Waals surface area (Å²) < 4.78 is 54.1. The topological polar surface area (TPSA) is 105 Å². The van der Waals surface area contributed by atoms with Crippen molar-refractivity contribution in [3.63, 3.8) is 0 Å². The second kappa shape index (κ2) is 14.0. The van der Waals surface area contributed by atoms with E-state index in [1.165, 1.54) is 62.4 Å². The Kier molecular flexibility index (Phi) is 10.7. The number of hydrogen-bond donors (Lipinski definition) is 1. The third-order valence-corrected chi connectivity index (χ3v) is 8.50. The van der Waals surface area contributed by atoms with Crippen LogP contribution in [0.15, 0.2) is 77.7 Å². The summed E-state index contributed by atoms with van der Waals surface area (Å²) >= 11 is 0. The van der Waals surface area contributed by atoms with Crippen molar-refractivity contribution in [3.8, 4) is 11.5 Å². The highest BCUT2D eigenvalue weighted by atomic mass is 32.2. The van der Waals surface area contributed by atoms with Gasteiger partial charge in [0.1, 0.15) is 18.4 Å². The normalized spacial score (nSPS) is 12.6. The Labute approximate surface area is 240 Å². The molecule has 0 fully saturated rings. The number of rotatable bonds is 13. The average molecular weight is 586 g/mol. The molecule has 2 unspecified atom stereocenters. The van der Waals surface area contributed by atoms with Gasteiger partial charge in [-0.3, -0.25) is 13.9 Å². The van der Waals surface area contributed by atoms with Crippen LogP contribution < -0.4 is 19.1 Å². The fourth-order valence-electron chi connectivity index (χ4n) is 4.09. The van der Waals surface area contributed by atoms with E-state index in [0.29, 0.717) is 12.2 Å². The maximum absolute atomic E-state index is 14.6. The smallest absolute Gasteiger partial charge is 0.264 e. The number of amides is 2. The minimum atomic E-state index is -4.31. The Bertz CT molecular complexity index is 1450. The van der Waals surface area contributed by atoms with Gasteiger partial charge in [0.05, 0.1) is 24.8 Å². The van der Waals surface area contributed by atoms with Crippen LogP contribution in [-0.2, 0) is 26.2 Å². The van der Waals surface area contributed by atoms with Crippen LogP contribution in [0.1, 0.15) is 32.8 Å². The van der Waals surface area contributed by atoms with Crippen molar-refractivity contribution in [1.29, 1.82) is 0 Å². The molecule has 2 atom stereocenters. The first kappa shape index (κ1) is 31.4. The van der Waals surface area contributed by atoms with Crippen molar-refractivity contribution in [3.05, 3.63) is 84.2 Å². The van der Waals surface area contributed by atoms with E-state index in [2.05, 4.69) is 5.32 Å². The second-order valence-corrected chi connectivity index (χ2v) is 11.3. The van der Waals surface area contributed by atoms with E-state index in [-0.39, 0.29) is 34.5 Å². The Morgan fingerprint density at radius 3 is 2.17 bits per heavy atom. The molecule has 0 bridgehead atoms. The van der Waals surface area contributed by atoms with Gasteiger partial charge in [0.25, 0.3) is 10.0 Å². The van der Waals surface area contributed by atoms with Gasteiger partial charge in [-0.25, -0.2) is 12.8 Å². The average Bonchev–Trinajstić information content (AvgIpc) is 2.98. The molecule has 0 aliphatic carbocycles. The molecule has 3 aromatic rings. The maximum Gasteiger partial charge on any atom is 0.264 e. The molecule has 3 aromatic carbocycles. The van der Waals surface area contributed by atoms with E-state index >= 15 is 0 Å². The number of sulfonamides is 1.